The van der Waals surface area contributed by atoms with Crippen molar-refractivity contribution in [2.75, 3.05) is 5.32 Å². The van der Waals surface area contributed by atoms with Gasteiger partial charge in [-0.3, -0.25) is 15.2 Å². The predicted molar refractivity (Wildman–Crippen MR) is 53.8 cm³/mol. The lowest BCUT2D eigenvalue weighted by Gasteiger charge is -1.99. The molecule has 0 fully saturated rings. The van der Waals surface area contributed by atoms with Gasteiger partial charge in [0.25, 0.3) is 5.91 Å². The van der Waals surface area contributed by atoms with Crippen molar-refractivity contribution in [1.82, 2.24) is 15.2 Å². The van der Waals surface area contributed by atoms with E-state index in [9.17, 15) is 4.79 Å². The van der Waals surface area contributed by atoms with Crippen molar-refractivity contribution in [1.29, 1.82) is 0 Å². The first-order valence-electron chi connectivity index (χ1n) is 4.50. The number of aryl methyl sites for hydroxylation is 1. The zero-order valence-electron chi connectivity index (χ0n) is 8.59. The number of allylic oxidation sites excluding steroid dienone is 1. The van der Waals surface area contributed by atoms with Gasteiger partial charge in [-0.2, -0.15) is 4.98 Å². The summed E-state index contributed by atoms with van der Waals surface area (Å²) in [5, 5.41) is 9.04. The molecule has 0 atom stereocenters. The molecule has 1 aromatic heterocycles. The van der Waals surface area contributed by atoms with Crippen LogP contribution in [0.15, 0.2) is 11.6 Å². The van der Waals surface area contributed by atoms with Crippen LogP contribution >= 0.6 is 0 Å². The first-order valence-corrected chi connectivity index (χ1v) is 4.50. The van der Waals surface area contributed by atoms with Gasteiger partial charge < -0.3 is 0 Å². The molecule has 76 valence electrons. The van der Waals surface area contributed by atoms with Gasteiger partial charge in [0.05, 0.1) is 0 Å². The van der Waals surface area contributed by atoms with E-state index in [1.165, 1.54) is 0 Å². The summed E-state index contributed by atoms with van der Waals surface area (Å²) < 4.78 is 0. The highest BCUT2D eigenvalue weighted by Crippen LogP contribution is 2.02. The van der Waals surface area contributed by atoms with Gasteiger partial charge in [0.2, 0.25) is 5.95 Å². The minimum atomic E-state index is -0.161. The Kier molecular flexibility index (Phi) is 3.39. The summed E-state index contributed by atoms with van der Waals surface area (Å²) in [6.07, 6.45) is 2.70. The van der Waals surface area contributed by atoms with E-state index in [1.54, 1.807) is 13.8 Å². The Balaban J connectivity index is 2.61. The molecule has 5 nitrogen and oxygen atoms in total. The molecule has 14 heavy (non-hydrogen) atoms. The van der Waals surface area contributed by atoms with E-state index in [2.05, 4.69) is 20.5 Å². The minimum absolute atomic E-state index is 0.161. The molecule has 0 bridgehead atoms. The fourth-order valence-corrected chi connectivity index (χ4v) is 0.998. The standard InChI is InChI=1S/C9H14N4O/c1-4-5-6(2)8(14)11-9-10-7(3)12-13-9/h5H,4H2,1-3H3,(H2,10,11,12,13,14)/b6-5-. The quantitative estimate of drug-likeness (QED) is 0.714. The molecule has 5 heteroatoms. The largest absolute Gasteiger partial charge is 0.289 e. The first-order chi connectivity index (χ1) is 6.63. The van der Waals surface area contributed by atoms with Crippen LogP contribution in [-0.2, 0) is 4.79 Å². The number of hydrogen-bond donors (Lipinski definition) is 2. The molecule has 1 amide bonds. The molecule has 0 aliphatic heterocycles. The number of hydrogen-bond acceptors (Lipinski definition) is 3. The lowest BCUT2D eigenvalue weighted by molar-refractivity contribution is -0.112. The highest BCUT2D eigenvalue weighted by atomic mass is 16.1. The molecule has 2 N–H and O–H groups in total. The van der Waals surface area contributed by atoms with Gasteiger partial charge in [0.1, 0.15) is 5.82 Å². The number of carbonyl (C=O) groups excluding carboxylic acids is 1. The summed E-state index contributed by atoms with van der Waals surface area (Å²) in [6, 6.07) is 0. The number of nitrogens with one attached hydrogen (secondary N) is 2. The van der Waals surface area contributed by atoms with E-state index >= 15 is 0 Å². The third-order valence-corrected chi connectivity index (χ3v) is 1.69. The van der Waals surface area contributed by atoms with Crippen LogP contribution in [0, 0.1) is 6.92 Å². The molecule has 0 aliphatic rings. The number of aromatic amines is 1. The Labute approximate surface area is 82.6 Å². The minimum Gasteiger partial charge on any atom is -0.289 e. The molecular weight excluding hydrogens is 180 g/mol. The maximum absolute atomic E-state index is 11.4. The van der Waals surface area contributed by atoms with Crippen LogP contribution in [0.1, 0.15) is 26.1 Å². The maximum Gasteiger partial charge on any atom is 0.253 e. The Bertz CT molecular complexity index is 353. The molecule has 1 heterocycles. The Morgan fingerprint density at radius 1 is 1.64 bits per heavy atom. The number of amides is 1. The first kappa shape index (κ1) is 10.4. The topological polar surface area (TPSA) is 70.7 Å². The average molecular weight is 194 g/mol. The zero-order valence-corrected chi connectivity index (χ0v) is 8.59. The van der Waals surface area contributed by atoms with Gasteiger partial charge in [-0.15, -0.1) is 5.10 Å². The summed E-state index contributed by atoms with van der Waals surface area (Å²) in [6.45, 7) is 5.52. The average Bonchev–Trinajstić information content (AvgIpc) is 2.51. The lowest BCUT2D eigenvalue weighted by atomic mass is 10.2. The van der Waals surface area contributed by atoms with Crippen molar-refractivity contribution in [3.8, 4) is 0 Å². The molecule has 0 spiro atoms. The van der Waals surface area contributed by atoms with E-state index in [4.69, 9.17) is 0 Å². The van der Waals surface area contributed by atoms with Crippen LogP contribution in [-0.4, -0.2) is 21.1 Å². The van der Waals surface area contributed by atoms with E-state index < -0.39 is 0 Å². The van der Waals surface area contributed by atoms with Gasteiger partial charge >= 0.3 is 0 Å². The van der Waals surface area contributed by atoms with Crippen LogP contribution in [0.3, 0.4) is 0 Å². The van der Waals surface area contributed by atoms with Gasteiger partial charge in [0, 0.05) is 5.57 Å². The van der Waals surface area contributed by atoms with E-state index in [0.717, 1.165) is 6.42 Å². The van der Waals surface area contributed by atoms with Crippen LogP contribution in [0.5, 0.6) is 0 Å². The molecule has 1 rings (SSSR count). The Morgan fingerprint density at radius 3 is 2.86 bits per heavy atom. The fourth-order valence-electron chi connectivity index (χ4n) is 0.998. The number of carbonyl (C=O) groups is 1. The third-order valence-electron chi connectivity index (χ3n) is 1.69. The van der Waals surface area contributed by atoms with Gasteiger partial charge in [-0.1, -0.05) is 13.0 Å². The van der Waals surface area contributed by atoms with Gasteiger partial charge in [-0.05, 0) is 20.3 Å². The molecule has 0 saturated heterocycles. The summed E-state index contributed by atoms with van der Waals surface area (Å²) in [4.78, 5) is 15.4. The second-order valence-corrected chi connectivity index (χ2v) is 2.99. The van der Waals surface area contributed by atoms with Crippen LogP contribution in [0.2, 0.25) is 0 Å². The highest BCUT2D eigenvalue weighted by molar-refractivity contribution is 6.02. The SMILES string of the molecule is CC/C=C(/C)C(=O)Nc1n[nH]c(C)n1. The normalized spacial score (nSPS) is 11.5. The predicted octanol–water partition coefficient (Wildman–Crippen LogP) is 1.41. The summed E-state index contributed by atoms with van der Waals surface area (Å²) >= 11 is 0. The summed E-state index contributed by atoms with van der Waals surface area (Å²) in [5.41, 5.74) is 0.676. The van der Waals surface area contributed by atoms with Crippen molar-refractivity contribution in [3.63, 3.8) is 0 Å². The van der Waals surface area contributed by atoms with Crippen LogP contribution in [0.25, 0.3) is 0 Å². The van der Waals surface area contributed by atoms with E-state index in [1.807, 2.05) is 13.0 Å². The Morgan fingerprint density at radius 2 is 2.36 bits per heavy atom. The van der Waals surface area contributed by atoms with Crippen molar-refractivity contribution >= 4 is 11.9 Å². The summed E-state index contributed by atoms with van der Waals surface area (Å²) in [5.74, 6) is 0.833. The monoisotopic (exact) mass is 194 g/mol. The van der Waals surface area contributed by atoms with E-state index in [-0.39, 0.29) is 5.91 Å². The van der Waals surface area contributed by atoms with Crippen molar-refractivity contribution in [2.45, 2.75) is 27.2 Å². The second-order valence-electron chi connectivity index (χ2n) is 2.99. The number of nitrogens with zero attached hydrogens (tertiary/aromatic N) is 2. The molecule has 1 aromatic rings. The molecule has 0 aliphatic carbocycles. The van der Waals surface area contributed by atoms with Gasteiger partial charge in [-0.25, -0.2) is 0 Å². The second kappa shape index (κ2) is 4.55. The smallest absolute Gasteiger partial charge is 0.253 e. The lowest BCUT2D eigenvalue weighted by Crippen LogP contribution is -2.13. The van der Waals surface area contributed by atoms with Crippen LogP contribution < -0.4 is 5.32 Å². The number of rotatable bonds is 3. The van der Waals surface area contributed by atoms with Crippen molar-refractivity contribution in [3.05, 3.63) is 17.5 Å². The number of H-pyrrole nitrogens is 1. The Hall–Kier alpha value is -1.65. The summed E-state index contributed by atoms with van der Waals surface area (Å²) in [7, 11) is 0. The maximum atomic E-state index is 11.4. The number of aromatic nitrogens is 3. The van der Waals surface area contributed by atoms with E-state index in [0.29, 0.717) is 17.3 Å². The number of anilines is 1. The van der Waals surface area contributed by atoms with Crippen molar-refractivity contribution < 1.29 is 4.79 Å². The third kappa shape index (κ3) is 2.69. The van der Waals surface area contributed by atoms with Gasteiger partial charge in [0.15, 0.2) is 0 Å². The molecular formula is C9H14N4O. The molecule has 0 unspecified atom stereocenters. The molecule has 0 saturated carbocycles. The molecule has 0 radical (unpaired) electrons. The fraction of sp³-hybridized carbons (Fsp3) is 0.444. The van der Waals surface area contributed by atoms with Crippen LogP contribution in [0.4, 0.5) is 5.95 Å². The molecule has 0 aromatic carbocycles. The van der Waals surface area contributed by atoms with Crippen molar-refractivity contribution in [2.24, 2.45) is 0 Å². The zero-order chi connectivity index (χ0) is 10.6. The highest BCUT2D eigenvalue weighted by Gasteiger charge is 2.06.